The van der Waals surface area contributed by atoms with E-state index < -0.39 is 0 Å². The standard InChI is InChI=1S/C15H22N2/c1-12-10-13-6-2-3-7-14(13)15(16-12)11-17-8-4-5-9-17/h2-3,6-7,12,15-16H,4-5,8-11H2,1H3. The van der Waals surface area contributed by atoms with Crippen LogP contribution in [-0.2, 0) is 6.42 Å². The van der Waals surface area contributed by atoms with Crippen LogP contribution in [0.1, 0.15) is 36.9 Å². The lowest BCUT2D eigenvalue weighted by Gasteiger charge is -2.34. The molecule has 92 valence electrons. The number of nitrogens with zero attached hydrogens (tertiary/aromatic N) is 1. The monoisotopic (exact) mass is 230 g/mol. The fourth-order valence-corrected chi connectivity index (χ4v) is 3.26. The first-order valence-electron chi connectivity index (χ1n) is 6.89. The molecular weight excluding hydrogens is 208 g/mol. The van der Waals surface area contributed by atoms with E-state index in [4.69, 9.17) is 0 Å². The van der Waals surface area contributed by atoms with Crippen LogP contribution in [0, 0.1) is 0 Å². The minimum atomic E-state index is 0.535. The molecule has 0 amide bonds. The van der Waals surface area contributed by atoms with E-state index in [0.717, 1.165) is 0 Å². The van der Waals surface area contributed by atoms with Gasteiger partial charge < -0.3 is 10.2 Å². The summed E-state index contributed by atoms with van der Waals surface area (Å²) in [5.41, 5.74) is 3.07. The Bertz CT molecular complexity index is 382. The van der Waals surface area contributed by atoms with Crippen LogP contribution in [0.15, 0.2) is 24.3 Å². The molecule has 2 unspecified atom stereocenters. The zero-order valence-corrected chi connectivity index (χ0v) is 10.7. The van der Waals surface area contributed by atoms with Crippen LogP contribution < -0.4 is 5.32 Å². The van der Waals surface area contributed by atoms with Crippen LogP contribution in [0.2, 0.25) is 0 Å². The first-order valence-corrected chi connectivity index (χ1v) is 6.89. The Morgan fingerprint density at radius 2 is 2.00 bits per heavy atom. The third kappa shape index (κ3) is 2.38. The van der Waals surface area contributed by atoms with Gasteiger partial charge in [-0.15, -0.1) is 0 Å². The van der Waals surface area contributed by atoms with Gasteiger partial charge in [0.2, 0.25) is 0 Å². The third-order valence-electron chi connectivity index (χ3n) is 4.08. The molecule has 1 fully saturated rings. The molecule has 1 saturated heterocycles. The van der Waals surface area contributed by atoms with Crippen LogP contribution in [0.3, 0.4) is 0 Å². The topological polar surface area (TPSA) is 15.3 Å². The maximum atomic E-state index is 3.76. The summed E-state index contributed by atoms with van der Waals surface area (Å²) in [5, 5.41) is 3.76. The first-order chi connectivity index (χ1) is 8.33. The van der Waals surface area contributed by atoms with E-state index in [1.165, 1.54) is 44.5 Å². The quantitative estimate of drug-likeness (QED) is 0.839. The van der Waals surface area contributed by atoms with Crippen LogP contribution in [0.5, 0.6) is 0 Å². The molecule has 2 heteroatoms. The Morgan fingerprint density at radius 1 is 1.24 bits per heavy atom. The third-order valence-corrected chi connectivity index (χ3v) is 4.08. The minimum Gasteiger partial charge on any atom is -0.306 e. The van der Waals surface area contributed by atoms with Crippen molar-refractivity contribution >= 4 is 0 Å². The lowest BCUT2D eigenvalue weighted by Crippen LogP contribution is -2.42. The second-order valence-electron chi connectivity index (χ2n) is 5.53. The maximum Gasteiger partial charge on any atom is 0.0454 e. The van der Waals surface area contributed by atoms with Gasteiger partial charge in [-0.2, -0.15) is 0 Å². The number of nitrogens with one attached hydrogen (secondary N) is 1. The molecular formula is C15H22N2. The number of fused-ring (bicyclic) bond motifs is 1. The summed E-state index contributed by atoms with van der Waals surface area (Å²) in [5.74, 6) is 0. The molecule has 2 aliphatic rings. The molecule has 0 bridgehead atoms. The Labute approximate surface area is 104 Å². The Balaban J connectivity index is 1.79. The smallest absolute Gasteiger partial charge is 0.0454 e. The highest BCUT2D eigenvalue weighted by Crippen LogP contribution is 2.26. The number of hydrogen-bond donors (Lipinski definition) is 1. The summed E-state index contributed by atoms with van der Waals surface area (Å²) in [4.78, 5) is 2.60. The summed E-state index contributed by atoms with van der Waals surface area (Å²) in [6.45, 7) is 6.05. The molecule has 17 heavy (non-hydrogen) atoms. The highest BCUT2D eigenvalue weighted by Gasteiger charge is 2.25. The van der Waals surface area contributed by atoms with Crippen molar-refractivity contribution in [1.82, 2.24) is 10.2 Å². The van der Waals surface area contributed by atoms with Crippen LogP contribution in [-0.4, -0.2) is 30.6 Å². The molecule has 2 heterocycles. The van der Waals surface area contributed by atoms with Crippen molar-refractivity contribution in [3.63, 3.8) is 0 Å². The summed E-state index contributed by atoms with van der Waals surface area (Å²) in [6, 6.07) is 10.1. The lowest BCUT2D eigenvalue weighted by molar-refractivity contribution is 0.272. The fourth-order valence-electron chi connectivity index (χ4n) is 3.26. The van der Waals surface area contributed by atoms with Crippen LogP contribution in [0.25, 0.3) is 0 Å². The molecule has 3 rings (SSSR count). The minimum absolute atomic E-state index is 0.535. The van der Waals surface area contributed by atoms with Crippen molar-refractivity contribution in [2.24, 2.45) is 0 Å². The lowest BCUT2D eigenvalue weighted by atomic mass is 9.90. The molecule has 2 atom stereocenters. The SMILES string of the molecule is CC1Cc2ccccc2C(CN2CCCC2)N1. The zero-order chi connectivity index (χ0) is 11.7. The first kappa shape index (κ1) is 11.2. The molecule has 2 aliphatic heterocycles. The Hall–Kier alpha value is -0.860. The molecule has 2 nitrogen and oxygen atoms in total. The van der Waals surface area contributed by atoms with Crippen molar-refractivity contribution in [3.05, 3.63) is 35.4 Å². The second-order valence-corrected chi connectivity index (χ2v) is 5.53. The van der Waals surface area contributed by atoms with Crippen molar-refractivity contribution in [3.8, 4) is 0 Å². The van der Waals surface area contributed by atoms with E-state index in [2.05, 4.69) is 41.4 Å². The molecule has 0 spiro atoms. The van der Waals surface area contributed by atoms with E-state index in [1.54, 1.807) is 5.56 Å². The fraction of sp³-hybridized carbons (Fsp3) is 0.600. The number of hydrogen-bond acceptors (Lipinski definition) is 2. The Morgan fingerprint density at radius 3 is 2.82 bits per heavy atom. The van der Waals surface area contributed by atoms with Gasteiger partial charge in [-0.1, -0.05) is 24.3 Å². The Kier molecular flexibility index (Phi) is 3.17. The molecule has 0 aromatic heterocycles. The van der Waals surface area contributed by atoms with Gasteiger partial charge >= 0.3 is 0 Å². The van der Waals surface area contributed by atoms with Gasteiger partial charge in [0.05, 0.1) is 0 Å². The van der Waals surface area contributed by atoms with E-state index in [1.807, 2.05) is 0 Å². The molecule has 0 radical (unpaired) electrons. The zero-order valence-electron chi connectivity index (χ0n) is 10.7. The molecule has 0 aliphatic carbocycles. The highest BCUT2D eigenvalue weighted by molar-refractivity contribution is 5.33. The van der Waals surface area contributed by atoms with Crippen molar-refractivity contribution in [2.45, 2.75) is 38.3 Å². The summed E-state index contributed by atoms with van der Waals surface area (Å²) in [6.07, 6.45) is 3.93. The van der Waals surface area contributed by atoms with Crippen molar-refractivity contribution < 1.29 is 0 Å². The molecule has 0 saturated carbocycles. The number of likely N-dealkylation sites (tertiary alicyclic amines) is 1. The molecule has 1 N–H and O–H groups in total. The van der Waals surface area contributed by atoms with Gasteiger partial charge in [-0.25, -0.2) is 0 Å². The van der Waals surface area contributed by atoms with Gasteiger partial charge in [0.1, 0.15) is 0 Å². The average Bonchev–Trinajstić information content (AvgIpc) is 2.81. The maximum absolute atomic E-state index is 3.76. The second kappa shape index (κ2) is 4.79. The van der Waals surface area contributed by atoms with E-state index in [-0.39, 0.29) is 0 Å². The predicted octanol–water partition coefficient (Wildman–Crippen LogP) is 2.36. The van der Waals surface area contributed by atoms with Gasteiger partial charge in [0.25, 0.3) is 0 Å². The summed E-state index contributed by atoms with van der Waals surface area (Å²) in [7, 11) is 0. The van der Waals surface area contributed by atoms with E-state index >= 15 is 0 Å². The average molecular weight is 230 g/mol. The van der Waals surface area contributed by atoms with E-state index in [9.17, 15) is 0 Å². The van der Waals surface area contributed by atoms with E-state index in [0.29, 0.717) is 12.1 Å². The highest BCUT2D eigenvalue weighted by atomic mass is 15.2. The van der Waals surface area contributed by atoms with Gasteiger partial charge in [0.15, 0.2) is 0 Å². The predicted molar refractivity (Wildman–Crippen MR) is 71.2 cm³/mol. The van der Waals surface area contributed by atoms with Crippen LogP contribution >= 0.6 is 0 Å². The molecule has 1 aromatic rings. The number of benzene rings is 1. The van der Waals surface area contributed by atoms with Gasteiger partial charge in [-0.3, -0.25) is 0 Å². The molecule has 1 aromatic carbocycles. The van der Waals surface area contributed by atoms with Crippen LogP contribution in [0.4, 0.5) is 0 Å². The van der Waals surface area contributed by atoms with Crippen molar-refractivity contribution in [1.29, 1.82) is 0 Å². The van der Waals surface area contributed by atoms with Crippen molar-refractivity contribution in [2.75, 3.05) is 19.6 Å². The number of rotatable bonds is 2. The summed E-state index contributed by atoms with van der Waals surface area (Å²) >= 11 is 0. The normalized spacial score (nSPS) is 29.2. The van der Waals surface area contributed by atoms with Gasteiger partial charge in [0, 0.05) is 18.6 Å². The van der Waals surface area contributed by atoms with Gasteiger partial charge in [-0.05, 0) is 50.4 Å². The summed E-state index contributed by atoms with van der Waals surface area (Å²) < 4.78 is 0. The largest absolute Gasteiger partial charge is 0.306 e.